The first kappa shape index (κ1) is 30.8. The molecule has 1 aromatic heterocycles. The molecule has 1 fully saturated rings. The van der Waals surface area contributed by atoms with Gasteiger partial charge in [0.25, 0.3) is 11.8 Å². The molecule has 226 valence electrons. The van der Waals surface area contributed by atoms with Crippen molar-refractivity contribution < 1.29 is 41.9 Å². The number of rotatable bonds is 8. The molecule has 15 heteroatoms. The van der Waals surface area contributed by atoms with Crippen LogP contribution in [0.1, 0.15) is 17.3 Å². The lowest BCUT2D eigenvalue weighted by atomic mass is 10.1. The fourth-order valence-corrected chi connectivity index (χ4v) is 8.66. The Morgan fingerprint density at radius 1 is 1.02 bits per heavy atom. The van der Waals surface area contributed by atoms with Crippen molar-refractivity contribution in [2.45, 2.75) is 22.1 Å². The van der Waals surface area contributed by atoms with Gasteiger partial charge in [-0.2, -0.15) is 4.31 Å². The highest BCUT2D eigenvalue weighted by molar-refractivity contribution is 8.17. The molecule has 12 nitrogen and oxygen atoms in total. The molecule has 3 N–H and O–H groups in total. The number of fused-ring (bicyclic) bond motifs is 3. The zero-order chi connectivity index (χ0) is 30.9. The molecular weight excluding hydrogens is 619 g/mol. The molecule has 5 rings (SSSR count). The number of sulfonamides is 1. The van der Waals surface area contributed by atoms with Gasteiger partial charge in [0.05, 0.1) is 17.1 Å². The minimum Gasteiger partial charge on any atom is -0.456 e. The van der Waals surface area contributed by atoms with Gasteiger partial charge in [-0.25, -0.2) is 13.9 Å². The topological polar surface area (TPSA) is 164 Å². The van der Waals surface area contributed by atoms with Gasteiger partial charge in [0.1, 0.15) is 16.9 Å². The molecular formula is C28H27N3O9S3. The van der Waals surface area contributed by atoms with E-state index in [1.165, 1.54) is 60.8 Å². The van der Waals surface area contributed by atoms with Crippen molar-refractivity contribution in [3.63, 3.8) is 0 Å². The van der Waals surface area contributed by atoms with Crippen LogP contribution in [0.3, 0.4) is 0 Å². The number of thioether (sulfide) groups is 2. The van der Waals surface area contributed by atoms with Gasteiger partial charge < -0.3 is 19.2 Å². The zero-order valence-corrected chi connectivity index (χ0v) is 25.6. The SMILES string of the molecule is CSC1(SC)OCCN(S(=O)(=O)c2ccc3oc4cc(NC(=O)c5ccccc5OC(C)=O)ccc4c3c2)C1C(=O)NO. The van der Waals surface area contributed by atoms with Gasteiger partial charge in [-0.1, -0.05) is 12.1 Å². The van der Waals surface area contributed by atoms with Gasteiger partial charge in [-0.3, -0.25) is 19.6 Å². The fourth-order valence-electron chi connectivity index (χ4n) is 4.92. The van der Waals surface area contributed by atoms with E-state index in [2.05, 4.69) is 5.32 Å². The van der Waals surface area contributed by atoms with Crippen molar-refractivity contribution in [1.82, 2.24) is 9.79 Å². The predicted octanol–water partition coefficient (Wildman–Crippen LogP) is 4.04. The summed E-state index contributed by atoms with van der Waals surface area (Å²) in [5.41, 5.74) is 2.95. The number of hydrogen-bond acceptors (Lipinski definition) is 11. The third kappa shape index (κ3) is 5.71. The van der Waals surface area contributed by atoms with Crippen molar-refractivity contribution in [2.24, 2.45) is 0 Å². The molecule has 1 saturated heterocycles. The number of benzene rings is 3. The fraction of sp³-hybridized carbons (Fsp3) is 0.250. The van der Waals surface area contributed by atoms with Crippen LogP contribution >= 0.6 is 23.5 Å². The molecule has 0 saturated carbocycles. The number of morpholine rings is 1. The van der Waals surface area contributed by atoms with E-state index in [0.717, 1.165) is 4.31 Å². The third-order valence-corrected chi connectivity index (χ3v) is 11.5. The first-order valence-corrected chi connectivity index (χ1v) is 16.7. The molecule has 43 heavy (non-hydrogen) atoms. The Morgan fingerprint density at radius 2 is 1.77 bits per heavy atom. The van der Waals surface area contributed by atoms with E-state index in [1.54, 1.807) is 48.3 Å². The van der Waals surface area contributed by atoms with Crippen LogP contribution in [0.2, 0.25) is 0 Å². The van der Waals surface area contributed by atoms with Crippen molar-refractivity contribution >= 4 is 79.0 Å². The quantitative estimate of drug-likeness (QED) is 0.0833. The Hall–Kier alpha value is -3.60. The average molecular weight is 646 g/mol. The largest absolute Gasteiger partial charge is 0.456 e. The van der Waals surface area contributed by atoms with Crippen LogP contribution in [0, 0.1) is 0 Å². The number of furan rings is 1. The molecule has 0 radical (unpaired) electrons. The lowest BCUT2D eigenvalue weighted by Crippen LogP contribution is -2.63. The summed E-state index contributed by atoms with van der Waals surface area (Å²) in [4.78, 5) is 37.1. The van der Waals surface area contributed by atoms with Gasteiger partial charge in [-0.05, 0) is 55.0 Å². The maximum absolute atomic E-state index is 13.9. The summed E-state index contributed by atoms with van der Waals surface area (Å²) < 4.78 is 44.6. The molecule has 2 amide bonds. The highest BCUT2D eigenvalue weighted by Crippen LogP contribution is 2.45. The maximum atomic E-state index is 13.9. The number of nitrogens with zero attached hydrogens (tertiary/aromatic N) is 1. The minimum atomic E-state index is -4.24. The molecule has 0 bridgehead atoms. The van der Waals surface area contributed by atoms with Crippen LogP contribution < -0.4 is 15.5 Å². The van der Waals surface area contributed by atoms with E-state index in [1.807, 2.05) is 0 Å². The average Bonchev–Trinajstić information content (AvgIpc) is 3.37. The Bertz CT molecular complexity index is 1840. The van der Waals surface area contributed by atoms with Crippen LogP contribution in [0.5, 0.6) is 5.75 Å². The van der Waals surface area contributed by atoms with Gasteiger partial charge in [0, 0.05) is 36.0 Å². The van der Waals surface area contributed by atoms with Crippen LogP contribution in [-0.2, 0) is 24.3 Å². The van der Waals surface area contributed by atoms with Crippen molar-refractivity contribution in [3.8, 4) is 5.75 Å². The molecule has 2 heterocycles. The Labute approximate surface area is 255 Å². The van der Waals surface area contributed by atoms with Crippen molar-refractivity contribution in [3.05, 3.63) is 66.2 Å². The van der Waals surface area contributed by atoms with Gasteiger partial charge >= 0.3 is 5.97 Å². The highest BCUT2D eigenvalue weighted by atomic mass is 32.2. The van der Waals surface area contributed by atoms with Gasteiger partial charge in [0.15, 0.2) is 10.3 Å². The van der Waals surface area contributed by atoms with E-state index in [-0.39, 0.29) is 29.4 Å². The number of hydroxylamine groups is 1. The van der Waals surface area contributed by atoms with Gasteiger partial charge in [0.2, 0.25) is 10.0 Å². The number of esters is 1. The molecule has 1 atom stereocenters. The number of carbonyl (C=O) groups is 3. The summed E-state index contributed by atoms with van der Waals surface area (Å²) in [7, 11) is -4.24. The Balaban J connectivity index is 1.48. The highest BCUT2D eigenvalue weighted by Gasteiger charge is 2.53. The Kier molecular flexibility index (Phi) is 8.74. The third-order valence-electron chi connectivity index (χ3n) is 6.86. The standard InChI is InChI=1S/C28H27N3O9S3/c1-16(32)39-22-7-5-4-6-20(22)26(33)29-17-8-10-19-21-15-18(9-11-23(21)40-24(19)14-17)43(36,37)31-12-13-38-28(41-2,42-3)25(31)27(34)30-35/h4-11,14-15,25,35H,12-13H2,1-3H3,(H,29,33)(H,30,34). The lowest BCUT2D eigenvalue weighted by Gasteiger charge is -2.45. The molecule has 0 aliphatic carbocycles. The summed E-state index contributed by atoms with van der Waals surface area (Å²) in [6, 6.07) is 14.3. The van der Waals surface area contributed by atoms with E-state index < -0.39 is 38.1 Å². The molecule has 1 unspecified atom stereocenters. The smallest absolute Gasteiger partial charge is 0.308 e. The summed E-state index contributed by atoms with van der Waals surface area (Å²) in [5, 5.41) is 13.3. The molecule has 0 spiro atoms. The number of hydrogen-bond donors (Lipinski definition) is 3. The first-order valence-electron chi connectivity index (χ1n) is 12.8. The van der Waals surface area contributed by atoms with Gasteiger partial charge in [-0.15, -0.1) is 23.5 Å². The first-order chi connectivity index (χ1) is 20.5. The number of amides is 2. The normalized spacial score (nSPS) is 17.1. The second-order valence-corrected chi connectivity index (χ2v) is 13.5. The van der Waals surface area contributed by atoms with Crippen molar-refractivity contribution in [1.29, 1.82) is 0 Å². The summed E-state index contributed by atoms with van der Waals surface area (Å²) >= 11 is 2.34. The van der Waals surface area contributed by atoms with Crippen LogP contribution in [-0.4, -0.2) is 71.7 Å². The Morgan fingerprint density at radius 3 is 2.47 bits per heavy atom. The summed E-state index contributed by atoms with van der Waals surface area (Å²) in [6.07, 6.45) is 3.40. The number of anilines is 1. The molecule has 1 aliphatic heterocycles. The summed E-state index contributed by atoms with van der Waals surface area (Å²) in [6.45, 7) is 1.19. The molecule has 4 aromatic rings. The number of nitrogens with one attached hydrogen (secondary N) is 2. The molecule has 3 aromatic carbocycles. The monoisotopic (exact) mass is 645 g/mol. The second kappa shape index (κ2) is 12.2. The predicted molar refractivity (Wildman–Crippen MR) is 163 cm³/mol. The minimum absolute atomic E-state index is 0.0485. The van der Waals surface area contributed by atoms with Crippen LogP contribution in [0.25, 0.3) is 21.9 Å². The summed E-state index contributed by atoms with van der Waals surface area (Å²) in [5.74, 6) is -1.85. The maximum Gasteiger partial charge on any atom is 0.308 e. The van der Waals surface area contributed by atoms with E-state index >= 15 is 0 Å². The van der Waals surface area contributed by atoms with Crippen LogP contribution in [0.15, 0.2) is 70.0 Å². The second-order valence-electron chi connectivity index (χ2n) is 9.37. The van der Waals surface area contributed by atoms with Crippen LogP contribution in [0.4, 0.5) is 5.69 Å². The number of para-hydroxylation sites is 1. The molecule has 1 aliphatic rings. The van der Waals surface area contributed by atoms with E-state index in [4.69, 9.17) is 13.9 Å². The van der Waals surface area contributed by atoms with E-state index in [9.17, 15) is 28.0 Å². The zero-order valence-electron chi connectivity index (χ0n) is 23.2. The van der Waals surface area contributed by atoms with Crippen molar-refractivity contribution in [2.75, 3.05) is 31.0 Å². The van der Waals surface area contributed by atoms with E-state index in [0.29, 0.717) is 27.6 Å². The number of ether oxygens (including phenoxy) is 2. The number of carbonyl (C=O) groups excluding carboxylic acids is 3. The lowest BCUT2D eigenvalue weighted by molar-refractivity contribution is -0.140.